The highest BCUT2D eigenvalue weighted by molar-refractivity contribution is 5.90. The lowest BCUT2D eigenvalue weighted by Gasteiger charge is -2.25. The van der Waals surface area contributed by atoms with Gasteiger partial charge in [-0.15, -0.1) is 0 Å². The van der Waals surface area contributed by atoms with Crippen molar-refractivity contribution >= 4 is 11.7 Å². The van der Waals surface area contributed by atoms with Crippen LogP contribution in [0, 0.1) is 0 Å². The molecule has 0 aromatic heterocycles. The number of rotatable bonds is 3. The van der Waals surface area contributed by atoms with Gasteiger partial charge in [-0.25, -0.2) is 0 Å². The highest BCUT2D eigenvalue weighted by Gasteiger charge is 2.35. The van der Waals surface area contributed by atoms with Gasteiger partial charge in [-0.05, 0) is 25.3 Å². The van der Waals surface area contributed by atoms with E-state index >= 15 is 0 Å². The zero-order valence-corrected chi connectivity index (χ0v) is 10.4. The molecule has 0 unspecified atom stereocenters. The van der Waals surface area contributed by atoms with Gasteiger partial charge in [0.25, 0.3) is 5.91 Å². The van der Waals surface area contributed by atoms with Crippen LogP contribution < -0.4 is 0 Å². The summed E-state index contributed by atoms with van der Waals surface area (Å²) in [5.74, 6) is -0.389. The van der Waals surface area contributed by atoms with Gasteiger partial charge in [0.05, 0.1) is 6.04 Å². The van der Waals surface area contributed by atoms with Gasteiger partial charge in [-0.3, -0.25) is 9.59 Å². The molecule has 0 saturated carbocycles. The summed E-state index contributed by atoms with van der Waals surface area (Å²) >= 11 is 0. The number of carbonyl (C=O) groups is 2. The quantitative estimate of drug-likeness (QED) is 0.876. The fourth-order valence-electron chi connectivity index (χ4n) is 2.39. The first-order valence-electron chi connectivity index (χ1n) is 6.15. The van der Waals surface area contributed by atoms with Crippen molar-refractivity contribution in [2.75, 3.05) is 6.54 Å². The molecule has 1 N–H and O–H groups in total. The number of nitrogens with zero attached hydrogens (tertiary/aromatic N) is 1. The Morgan fingerprint density at radius 3 is 2.61 bits per heavy atom. The SMILES string of the molecule is CC(=O)[C@@H]1CCCN1C(=O)[C@H](O)c1ccccc1. The Kier molecular flexibility index (Phi) is 3.77. The summed E-state index contributed by atoms with van der Waals surface area (Å²) < 4.78 is 0. The second kappa shape index (κ2) is 5.31. The van der Waals surface area contributed by atoms with Crippen molar-refractivity contribution in [2.24, 2.45) is 0 Å². The van der Waals surface area contributed by atoms with E-state index in [0.29, 0.717) is 18.5 Å². The number of aliphatic hydroxyl groups is 1. The molecule has 4 nitrogen and oxygen atoms in total. The number of likely N-dealkylation sites (tertiary alicyclic amines) is 1. The predicted octanol–water partition coefficient (Wildman–Crippen LogP) is 1.30. The maximum atomic E-state index is 12.2. The summed E-state index contributed by atoms with van der Waals surface area (Å²) in [6, 6.07) is 8.43. The molecular formula is C14H17NO3. The Morgan fingerprint density at radius 1 is 1.33 bits per heavy atom. The van der Waals surface area contributed by atoms with Crippen LogP contribution in [0.3, 0.4) is 0 Å². The number of aliphatic hydroxyl groups excluding tert-OH is 1. The molecule has 4 heteroatoms. The molecule has 2 atom stereocenters. The molecule has 1 aromatic rings. The zero-order valence-electron chi connectivity index (χ0n) is 10.4. The van der Waals surface area contributed by atoms with Crippen molar-refractivity contribution in [1.29, 1.82) is 0 Å². The number of ketones is 1. The Morgan fingerprint density at radius 2 is 2.00 bits per heavy atom. The van der Waals surface area contributed by atoms with Crippen LogP contribution in [-0.4, -0.2) is 34.3 Å². The van der Waals surface area contributed by atoms with Crippen molar-refractivity contribution < 1.29 is 14.7 Å². The molecule has 0 spiro atoms. The minimum absolute atomic E-state index is 0.0129. The minimum atomic E-state index is -1.17. The van der Waals surface area contributed by atoms with E-state index < -0.39 is 6.10 Å². The van der Waals surface area contributed by atoms with Gasteiger partial charge in [-0.2, -0.15) is 0 Å². The molecule has 18 heavy (non-hydrogen) atoms. The number of hydrogen-bond donors (Lipinski definition) is 1. The maximum absolute atomic E-state index is 12.2. The lowest BCUT2D eigenvalue weighted by atomic mass is 10.1. The van der Waals surface area contributed by atoms with E-state index in [-0.39, 0.29) is 17.7 Å². The second-order valence-corrected chi connectivity index (χ2v) is 4.61. The van der Waals surface area contributed by atoms with Gasteiger partial charge < -0.3 is 10.0 Å². The summed E-state index contributed by atoms with van der Waals surface area (Å²) in [4.78, 5) is 25.1. The number of benzene rings is 1. The van der Waals surface area contributed by atoms with Gasteiger partial charge in [0.2, 0.25) is 0 Å². The monoisotopic (exact) mass is 247 g/mol. The van der Waals surface area contributed by atoms with Gasteiger partial charge in [0, 0.05) is 6.54 Å². The first-order chi connectivity index (χ1) is 8.61. The van der Waals surface area contributed by atoms with Crippen molar-refractivity contribution in [1.82, 2.24) is 4.90 Å². The Balaban J connectivity index is 2.14. The van der Waals surface area contributed by atoms with E-state index in [2.05, 4.69) is 0 Å². The molecule has 0 aliphatic carbocycles. The number of amides is 1. The molecule has 1 aliphatic heterocycles. The largest absolute Gasteiger partial charge is 0.378 e. The van der Waals surface area contributed by atoms with Gasteiger partial charge in [-0.1, -0.05) is 30.3 Å². The number of Topliss-reactive ketones (excluding diaryl/α,β-unsaturated/α-hetero) is 1. The van der Waals surface area contributed by atoms with E-state index in [1.807, 2.05) is 6.07 Å². The topological polar surface area (TPSA) is 57.6 Å². The standard InChI is InChI=1S/C14H17NO3/c1-10(16)12-8-5-9-15(12)14(18)13(17)11-6-3-2-4-7-11/h2-4,6-7,12-13,17H,5,8-9H2,1H3/t12-,13+/m0/s1. The first kappa shape index (κ1) is 12.8. The lowest BCUT2D eigenvalue weighted by Crippen LogP contribution is -2.42. The van der Waals surface area contributed by atoms with Crippen LogP contribution in [-0.2, 0) is 9.59 Å². The van der Waals surface area contributed by atoms with Crippen LogP contribution in [0.1, 0.15) is 31.4 Å². The molecule has 0 radical (unpaired) electrons. The summed E-state index contributed by atoms with van der Waals surface area (Å²) in [7, 11) is 0. The Hall–Kier alpha value is -1.68. The van der Waals surface area contributed by atoms with E-state index in [1.54, 1.807) is 24.3 Å². The minimum Gasteiger partial charge on any atom is -0.378 e. The third-order valence-corrected chi connectivity index (χ3v) is 3.35. The smallest absolute Gasteiger partial charge is 0.256 e. The summed E-state index contributed by atoms with van der Waals surface area (Å²) in [6.45, 7) is 2.04. The molecule has 1 heterocycles. The lowest BCUT2D eigenvalue weighted by molar-refractivity contribution is -0.144. The molecule has 0 bridgehead atoms. The third kappa shape index (κ3) is 2.43. The zero-order chi connectivity index (χ0) is 13.1. The molecule has 1 aliphatic rings. The van der Waals surface area contributed by atoms with Crippen molar-refractivity contribution in [2.45, 2.75) is 31.9 Å². The third-order valence-electron chi connectivity index (χ3n) is 3.35. The van der Waals surface area contributed by atoms with Crippen molar-refractivity contribution in [3.05, 3.63) is 35.9 Å². The van der Waals surface area contributed by atoms with Gasteiger partial charge >= 0.3 is 0 Å². The summed E-state index contributed by atoms with van der Waals surface area (Å²) in [6.07, 6.45) is 0.339. The first-order valence-corrected chi connectivity index (χ1v) is 6.15. The molecular weight excluding hydrogens is 230 g/mol. The predicted molar refractivity (Wildman–Crippen MR) is 66.8 cm³/mol. The average molecular weight is 247 g/mol. The Bertz CT molecular complexity index is 444. The average Bonchev–Trinajstić information content (AvgIpc) is 2.87. The number of hydrogen-bond acceptors (Lipinski definition) is 3. The Labute approximate surface area is 106 Å². The fourth-order valence-corrected chi connectivity index (χ4v) is 2.39. The molecule has 1 fully saturated rings. The van der Waals surface area contributed by atoms with E-state index in [0.717, 1.165) is 6.42 Å². The van der Waals surface area contributed by atoms with E-state index in [1.165, 1.54) is 11.8 Å². The molecule has 2 rings (SSSR count). The normalized spacial score (nSPS) is 20.8. The fraction of sp³-hybridized carbons (Fsp3) is 0.429. The van der Waals surface area contributed by atoms with E-state index in [9.17, 15) is 14.7 Å². The van der Waals surface area contributed by atoms with Crippen LogP contribution in [0.25, 0.3) is 0 Å². The molecule has 1 saturated heterocycles. The van der Waals surface area contributed by atoms with Crippen molar-refractivity contribution in [3.63, 3.8) is 0 Å². The summed E-state index contributed by atoms with van der Waals surface area (Å²) in [5.41, 5.74) is 0.566. The maximum Gasteiger partial charge on any atom is 0.256 e. The van der Waals surface area contributed by atoms with Crippen LogP contribution in [0.5, 0.6) is 0 Å². The van der Waals surface area contributed by atoms with Crippen molar-refractivity contribution in [3.8, 4) is 0 Å². The molecule has 96 valence electrons. The van der Waals surface area contributed by atoms with Gasteiger partial charge in [0.15, 0.2) is 11.9 Å². The second-order valence-electron chi connectivity index (χ2n) is 4.61. The van der Waals surface area contributed by atoms with Crippen LogP contribution in [0.15, 0.2) is 30.3 Å². The van der Waals surface area contributed by atoms with Crippen LogP contribution in [0.2, 0.25) is 0 Å². The van der Waals surface area contributed by atoms with Crippen LogP contribution >= 0.6 is 0 Å². The highest BCUT2D eigenvalue weighted by Crippen LogP contribution is 2.23. The van der Waals surface area contributed by atoms with E-state index in [4.69, 9.17) is 0 Å². The molecule has 1 aromatic carbocycles. The highest BCUT2D eigenvalue weighted by atomic mass is 16.3. The number of carbonyl (C=O) groups excluding carboxylic acids is 2. The van der Waals surface area contributed by atoms with Crippen LogP contribution in [0.4, 0.5) is 0 Å². The van der Waals surface area contributed by atoms with Gasteiger partial charge in [0.1, 0.15) is 0 Å². The summed E-state index contributed by atoms with van der Waals surface area (Å²) in [5, 5.41) is 10.0. The molecule has 1 amide bonds.